The van der Waals surface area contributed by atoms with Crippen LogP contribution in [-0.4, -0.2) is 15.4 Å². The predicted octanol–water partition coefficient (Wildman–Crippen LogP) is 5.02. The summed E-state index contributed by atoms with van der Waals surface area (Å²) in [7, 11) is 0. The SMILES string of the molecule is CC(=Nn1c(-c2ccc(C)cc2)csc1=Nc1cccnc1)c1ccco1. The van der Waals surface area contributed by atoms with Crippen molar-refractivity contribution in [3.8, 4) is 11.3 Å². The van der Waals surface area contributed by atoms with Crippen LogP contribution in [0.5, 0.6) is 0 Å². The summed E-state index contributed by atoms with van der Waals surface area (Å²) in [5.74, 6) is 0.732. The molecular formula is C21H18N4OS. The Kier molecular flexibility index (Phi) is 4.80. The van der Waals surface area contributed by atoms with Crippen LogP contribution in [0.15, 0.2) is 87.1 Å². The van der Waals surface area contributed by atoms with Gasteiger partial charge in [0.1, 0.15) is 11.5 Å². The number of thiazole rings is 1. The van der Waals surface area contributed by atoms with Crippen LogP contribution in [-0.2, 0) is 0 Å². The second-order valence-electron chi connectivity index (χ2n) is 6.07. The van der Waals surface area contributed by atoms with E-state index in [9.17, 15) is 0 Å². The lowest BCUT2D eigenvalue weighted by Crippen LogP contribution is -2.13. The van der Waals surface area contributed by atoms with Crippen LogP contribution in [0.1, 0.15) is 18.2 Å². The summed E-state index contributed by atoms with van der Waals surface area (Å²) in [4.78, 5) is 9.63. The van der Waals surface area contributed by atoms with Gasteiger partial charge in [0.15, 0.2) is 0 Å². The summed E-state index contributed by atoms with van der Waals surface area (Å²) < 4.78 is 7.34. The standard InChI is InChI=1S/C21H18N4OS/c1-15-7-9-17(10-8-15)19-14-27-21(23-18-5-3-11-22-13-18)25(19)24-16(2)20-6-4-12-26-20/h3-14H,1-2H3. The second kappa shape index (κ2) is 7.55. The summed E-state index contributed by atoms with van der Waals surface area (Å²) in [6, 6.07) is 15.9. The highest BCUT2D eigenvalue weighted by Crippen LogP contribution is 2.22. The Labute approximate surface area is 161 Å². The minimum Gasteiger partial charge on any atom is -0.463 e. The highest BCUT2D eigenvalue weighted by Gasteiger charge is 2.10. The highest BCUT2D eigenvalue weighted by molar-refractivity contribution is 7.07. The first-order valence-corrected chi connectivity index (χ1v) is 9.40. The van der Waals surface area contributed by atoms with Gasteiger partial charge in [0.25, 0.3) is 0 Å². The molecule has 0 saturated heterocycles. The summed E-state index contributed by atoms with van der Waals surface area (Å²) in [6.07, 6.45) is 5.12. The fourth-order valence-electron chi connectivity index (χ4n) is 2.61. The Morgan fingerprint density at radius 3 is 2.67 bits per heavy atom. The van der Waals surface area contributed by atoms with Crippen LogP contribution in [0.3, 0.4) is 0 Å². The number of benzene rings is 1. The molecule has 3 aromatic heterocycles. The van der Waals surface area contributed by atoms with Gasteiger partial charge in [0, 0.05) is 17.1 Å². The normalized spacial score (nSPS) is 12.5. The molecule has 0 N–H and O–H groups in total. The topological polar surface area (TPSA) is 55.7 Å². The molecule has 0 aliphatic carbocycles. The molecular weight excluding hydrogens is 356 g/mol. The Hall–Kier alpha value is -3.25. The van der Waals surface area contributed by atoms with E-state index in [1.807, 2.05) is 35.9 Å². The van der Waals surface area contributed by atoms with Crippen LogP contribution >= 0.6 is 11.3 Å². The van der Waals surface area contributed by atoms with Crippen molar-refractivity contribution in [2.24, 2.45) is 10.1 Å². The lowest BCUT2D eigenvalue weighted by atomic mass is 10.1. The third-order valence-electron chi connectivity index (χ3n) is 4.03. The largest absolute Gasteiger partial charge is 0.463 e. The van der Waals surface area contributed by atoms with Gasteiger partial charge in [0.05, 0.1) is 23.8 Å². The maximum absolute atomic E-state index is 5.48. The van der Waals surface area contributed by atoms with E-state index < -0.39 is 0 Å². The predicted molar refractivity (Wildman–Crippen MR) is 108 cm³/mol. The Morgan fingerprint density at radius 1 is 1.11 bits per heavy atom. The van der Waals surface area contributed by atoms with Gasteiger partial charge in [-0.05, 0) is 38.1 Å². The molecule has 27 heavy (non-hydrogen) atoms. The number of hydrogen-bond acceptors (Lipinski definition) is 5. The molecule has 4 aromatic rings. The zero-order chi connectivity index (χ0) is 18.6. The van der Waals surface area contributed by atoms with Crippen molar-refractivity contribution in [1.82, 2.24) is 9.66 Å². The third kappa shape index (κ3) is 3.80. The quantitative estimate of drug-likeness (QED) is 0.471. The molecule has 0 spiro atoms. The summed E-state index contributed by atoms with van der Waals surface area (Å²) in [5.41, 5.74) is 4.85. The van der Waals surface area contributed by atoms with Crippen LogP contribution in [0, 0.1) is 6.92 Å². The van der Waals surface area contributed by atoms with E-state index in [1.54, 1.807) is 30.0 Å². The van der Waals surface area contributed by atoms with E-state index >= 15 is 0 Å². The molecule has 5 nitrogen and oxygen atoms in total. The maximum Gasteiger partial charge on any atom is 0.211 e. The van der Waals surface area contributed by atoms with Crippen molar-refractivity contribution < 1.29 is 4.42 Å². The first kappa shape index (κ1) is 17.2. The molecule has 0 aliphatic rings. The molecule has 134 valence electrons. The van der Waals surface area contributed by atoms with E-state index in [-0.39, 0.29) is 0 Å². The molecule has 0 atom stereocenters. The van der Waals surface area contributed by atoms with Gasteiger partial charge in [-0.2, -0.15) is 5.10 Å². The van der Waals surface area contributed by atoms with E-state index in [0.29, 0.717) is 0 Å². The summed E-state index contributed by atoms with van der Waals surface area (Å²) >= 11 is 1.54. The fourth-order valence-corrected chi connectivity index (χ4v) is 3.46. The second-order valence-corrected chi connectivity index (χ2v) is 6.90. The van der Waals surface area contributed by atoms with Gasteiger partial charge in [-0.25, -0.2) is 9.67 Å². The third-order valence-corrected chi connectivity index (χ3v) is 4.85. The molecule has 3 heterocycles. The number of furan rings is 1. The van der Waals surface area contributed by atoms with Crippen molar-refractivity contribution >= 4 is 22.7 Å². The van der Waals surface area contributed by atoms with E-state index in [2.05, 4.69) is 41.6 Å². The number of hydrogen-bond donors (Lipinski definition) is 0. The zero-order valence-corrected chi connectivity index (χ0v) is 15.9. The maximum atomic E-state index is 5.48. The molecule has 0 amide bonds. The van der Waals surface area contributed by atoms with Crippen molar-refractivity contribution in [2.45, 2.75) is 13.8 Å². The lowest BCUT2D eigenvalue weighted by Gasteiger charge is -2.05. The Balaban J connectivity index is 1.89. The Bertz CT molecular complexity index is 1120. The minimum atomic E-state index is 0.732. The molecule has 0 unspecified atom stereocenters. The van der Waals surface area contributed by atoms with Crippen molar-refractivity contribution in [2.75, 3.05) is 0 Å². The highest BCUT2D eigenvalue weighted by atomic mass is 32.1. The smallest absolute Gasteiger partial charge is 0.211 e. The Morgan fingerprint density at radius 2 is 1.96 bits per heavy atom. The number of aromatic nitrogens is 2. The number of rotatable bonds is 4. The zero-order valence-electron chi connectivity index (χ0n) is 15.0. The molecule has 0 fully saturated rings. The average Bonchev–Trinajstić information content (AvgIpc) is 3.35. The van der Waals surface area contributed by atoms with Crippen LogP contribution in [0.2, 0.25) is 0 Å². The van der Waals surface area contributed by atoms with E-state index in [4.69, 9.17) is 14.5 Å². The molecule has 4 rings (SSSR count). The van der Waals surface area contributed by atoms with Crippen molar-refractivity contribution in [3.05, 3.63) is 88.7 Å². The molecule has 1 aromatic carbocycles. The first-order valence-electron chi connectivity index (χ1n) is 8.52. The van der Waals surface area contributed by atoms with Crippen LogP contribution < -0.4 is 4.80 Å². The number of nitrogens with zero attached hydrogens (tertiary/aromatic N) is 4. The van der Waals surface area contributed by atoms with Gasteiger partial charge in [-0.15, -0.1) is 11.3 Å². The summed E-state index contributed by atoms with van der Waals surface area (Å²) in [6.45, 7) is 4.00. The lowest BCUT2D eigenvalue weighted by molar-refractivity contribution is 0.556. The minimum absolute atomic E-state index is 0.732. The van der Waals surface area contributed by atoms with Crippen molar-refractivity contribution in [1.29, 1.82) is 0 Å². The van der Waals surface area contributed by atoms with Crippen LogP contribution in [0.25, 0.3) is 11.3 Å². The van der Waals surface area contributed by atoms with Gasteiger partial charge < -0.3 is 4.42 Å². The number of aryl methyl sites for hydroxylation is 1. The monoisotopic (exact) mass is 374 g/mol. The van der Waals surface area contributed by atoms with Gasteiger partial charge in [-0.1, -0.05) is 29.8 Å². The van der Waals surface area contributed by atoms with Gasteiger partial charge in [0.2, 0.25) is 4.80 Å². The van der Waals surface area contributed by atoms with E-state index in [0.717, 1.165) is 33.2 Å². The summed E-state index contributed by atoms with van der Waals surface area (Å²) in [5, 5.41) is 6.86. The number of pyridine rings is 1. The fraction of sp³-hybridized carbons (Fsp3) is 0.0952. The van der Waals surface area contributed by atoms with Crippen LogP contribution in [0.4, 0.5) is 5.69 Å². The first-order chi connectivity index (χ1) is 13.2. The van der Waals surface area contributed by atoms with Gasteiger partial charge >= 0.3 is 0 Å². The molecule has 0 bridgehead atoms. The van der Waals surface area contributed by atoms with Gasteiger partial charge in [-0.3, -0.25) is 4.98 Å². The molecule has 0 radical (unpaired) electrons. The van der Waals surface area contributed by atoms with E-state index in [1.165, 1.54) is 5.56 Å². The molecule has 6 heteroatoms. The van der Waals surface area contributed by atoms with Crippen molar-refractivity contribution in [3.63, 3.8) is 0 Å². The molecule has 0 saturated carbocycles. The average molecular weight is 374 g/mol. The molecule has 0 aliphatic heterocycles.